The van der Waals surface area contributed by atoms with Crippen LogP contribution in [0.15, 0.2) is 24.3 Å². The van der Waals surface area contributed by atoms with Crippen LogP contribution in [0, 0.1) is 0 Å². The Morgan fingerprint density at radius 1 is 1.11 bits per heavy atom. The molecular formula is C19H25F2N3O3. The molecule has 1 heterocycles. The minimum absolute atomic E-state index is 0.0662. The highest BCUT2D eigenvalue weighted by molar-refractivity contribution is 5.79. The molecule has 1 saturated carbocycles. The number of nitrogens with zero attached hydrogens (tertiary/aromatic N) is 2. The first-order valence-corrected chi connectivity index (χ1v) is 9.33. The second-order valence-electron chi connectivity index (χ2n) is 7.02. The molecular weight excluding hydrogens is 356 g/mol. The van der Waals surface area contributed by atoms with E-state index in [9.17, 15) is 18.4 Å². The summed E-state index contributed by atoms with van der Waals surface area (Å²) in [5.74, 6) is 0.253. The second kappa shape index (κ2) is 9.12. The van der Waals surface area contributed by atoms with Crippen LogP contribution in [0.3, 0.4) is 0 Å². The molecule has 0 unspecified atom stereocenters. The molecule has 0 spiro atoms. The summed E-state index contributed by atoms with van der Waals surface area (Å²) >= 11 is 0. The first kappa shape index (κ1) is 19.5. The third kappa shape index (κ3) is 6.46. The molecule has 148 valence electrons. The minimum atomic E-state index is -2.84. The Hall–Kier alpha value is -2.22. The van der Waals surface area contributed by atoms with Crippen LogP contribution in [0.5, 0.6) is 5.75 Å². The number of hydrogen-bond donors (Lipinski definition) is 1. The third-order valence-corrected chi connectivity index (χ3v) is 4.81. The molecule has 1 aliphatic heterocycles. The van der Waals surface area contributed by atoms with Crippen molar-refractivity contribution in [2.24, 2.45) is 0 Å². The SMILES string of the molecule is O=C(CN1CCN(C(=O)CCc2ccc(OC(F)F)cc2)CC1)NC1CC1. The number of hydrogen-bond acceptors (Lipinski definition) is 4. The van der Waals surface area contributed by atoms with Gasteiger partial charge in [-0.25, -0.2) is 0 Å². The van der Waals surface area contributed by atoms with Crippen LogP contribution >= 0.6 is 0 Å². The molecule has 1 N–H and O–H groups in total. The lowest BCUT2D eigenvalue weighted by Gasteiger charge is -2.34. The summed E-state index contributed by atoms with van der Waals surface area (Å²) in [7, 11) is 0. The average Bonchev–Trinajstić information content (AvgIpc) is 3.45. The maximum Gasteiger partial charge on any atom is 0.387 e. The van der Waals surface area contributed by atoms with Crippen molar-refractivity contribution >= 4 is 11.8 Å². The average molecular weight is 381 g/mol. The molecule has 1 aromatic rings. The molecule has 2 fully saturated rings. The lowest BCUT2D eigenvalue weighted by atomic mass is 10.1. The lowest BCUT2D eigenvalue weighted by molar-refractivity contribution is -0.133. The number of piperazine rings is 1. The molecule has 0 atom stereocenters. The van der Waals surface area contributed by atoms with Crippen molar-refractivity contribution in [1.29, 1.82) is 0 Å². The smallest absolute Gasteiger partial charge is 0.387 e. The minimum Gasteiger partial charge on any atom is -0.435 e. The van der Waals surface area contributed by atoms with Crippen LogP contribution < -0.4 is 10.1 Å². The number of carbonyl (C=O) groups is 2. The van der Waals surface area contributed by atoms with Gasteiger partial charge in [0.2, 0.25) is 11.8 Å². The van der Waals surface area contributed by atoms with Crippen molar-refractivity contribution in [3.8, 4) is 5.75 Å². The Bertz CT molecular complexity index is 642. The fourth-order valence-electron chi connectivity index (χ4n) is 3.11. The number of nitrogens with one attached hydrogen (secondary N) is 1. The van der Waals surface area contributed by atoms with E-state index in [0.29, 0.717) is 51.6 Å². The predicted molar refractivity (Wildman–Crippen MR) is 95.6 cm³/mol. The van der Waals surface area contributed by atoms with Gasteiger partial charge in [-0.05, 0) is 37.0 Å². The fraction of sp³-hybridized carbons (Fsp3) is 0.579. The van der Waals surface area contributed by atoms with Crippen molar-refractivity contribution in [2.45, 2.75) is 38.3 Å². The first-order valence-electron chi connectivity index (χ1n) is 9.33. The monoisotopic (exact) mass is 381 g/mol. The number of ether oxygens (including phenoxy) is 1. The van der Waals surface area contributed by atoms with Crippen LogP contribution in [0.2, 0.25) is 0 Å². The number of rotatable bonds is 8. The molecule has 27 heavy (non-hydrogen) atoms. The Morgan fingerprint density at radius 3 is 2.37 bits per heavy atom. The van der Waals surface area contributed by atoms with Crippen molar-refractivity contribution < 1.29 is 23.1 Å². The van der Waals surface area contributed by atoms with Gasteiger partial charge in [0.05, 0.1) is 6.54 Å². The highest BCUT2D eigenvalue weighted by atomic mass is 19.3. The molecule has 8 heteroatoms. The standard InChI is InChI=1S/C19H25F2N3O3/c20-19(21)27-16-6-1-14(2-7-16)3-8-18(26)24-11-9-23(10-12-24)13-17(25)22-15-4-5-15/h1-2,6-7,15,19H,3-5,8-13H2,(H,22,25). The van der Waals surface area contributed by atoms with Gasteiger partial charge in [0.15, 0.2) is 0 Å². The van der Waals surface area contributed by atoms with Crippen molar-refractivity contribution in [3.05, 3.63) is 29.8 Å². The van der Waals surface area contributed by atoms with Crippen molar-refractivity contribution in [2.75, 3.05) is 32.7 Å². The number of halogens is 2. The molecule has 0 aromatic heterocycles. The zero-order valence-electron chi connectivity index (χ0n) is 15.2. The molecule has 3 rings (SSSR count). The molecule has 0 radical (unpaired) electrons. The van der Waals surface area contributed by atoms with E-state index in [4.69, 9.17) is 0 Å². The number of carbonyl (C=O) groups excluding carboxylic acids is 2. The Morgan fingerprint density at radius 2 is 1.78 bits per heavy atom. The summed E-state index contributed by atoms with van der Waals surface area (Å²) in [6.07, 6.45) is 3.08. The second-order valence-corrected chi connectivity index (χ2v) is 7.02. The van der Waals surface area contributed by atoms with Crippen molar-refractivity contribution in [1.82, 2.24) is 15.1 Å². The number of amides is 2. The molecule has 1 aliphatic carbocycles. The van der Waals surface area contributed by atoms with E-state index < -0.39 is 6.61 Å². The van der Waals surface area contributed by atoms with Crippen LogP contribution in [-0.4, -0.2) is 67.0 Å². The zero-order valence-corrected chi connectivity index (χ0v) is 15.2. The third-order valence-electron chi connectivity index (χ3n) is 4.81. The van der Waals surface area contributed by atoms with E-state index in [2.05, 4.69) is 15.0 Å². The molecule has 2 aliphatic rings. The van der Waals surface area contributed by atoms with Gasteiger partial charge in [0.25, 0.3) is 0 Å². The summed E-state index contributed by atoms with van der Waals surface area (Å²) in [4.78, 5) is 28.1. The Kier molecular flexibility index (Phi) is 6.60. The number of alkyl halides is 2. The quantitative estimate of drug-likeness (QED) is 0.744. The largest absolute Gasteiger partial charge is 0.435 e. The number of aryl methyl sites for hydroxylation is 1. The van der Waals surface area contributed by atoms with Crippen LogP contribution in [-0.2, 0) is 16.0 Å². The van der Waals surface area contributed by atoms with E-state index in [0.717, 1.165) is 18.4 Å². The van der Waals surface area contributed by atoms with Gasteiger partial charge < -0.3 is 15.0 Å². The summed E-state index contributed by atoms with van der Waals surface area (Å²) < 4.78 is 28.6. The van der Waals surface area contributed by atoms with Crippen LogP contribution in [0.4, 0.5) is 8.78 Å². The van der Waals surface area contributed by atoms with E-state index in [1.165, 1.54) is 12.1 Å². The van der Waals surface area contributed by atoms with E-state index in [1.54, 1.807) is 12.1 Å². The highest BCUT2D eigenvalue weighted by Gasteiger charge is 2.26. The summed E-state index contributed by atoms with van der Waals surface area (Å²) in [5.41, 5.74) is 0.903. The van der Waals surface area contributed by atoms with Crippen molar-refractivity contribution in [3.63, 3.8) is 0 Å². The predicted octanol–water partition coefficient (Wildman–Crippen LogP) is 1.64. The molecule has 0 bridgehead atoms. The van der Waals surface area contributed by atoms with Gasteiger partial charge in [0, 0.05) is 38.6 Å². The normalized spacial score (nSPS) is 17.8. The summed E-state index contributed by atoms with van der Waals surface area (Å²) in [6.45, 7) is 0.197. The van der Waals surface area contributed by atoms with Gasteiger partial charge in [-0.3, -0.25) is 14.5 Å². The Labute approximate surface area is 157 Å². The van der Waals surface area contributed by atoms with Gasteiger partial charge in [-0.2, -0.15) is 8.78 Å². The lowest BCUT2D eigenvalue weighted by Crippen LogP contribution is -2.51. The summed E-state index contributed by atoms with van der Waals surface area (Å²) in [6, 6.07) is 6.73. The number of benzene rings is 1. The Balaban J connectivity index is 1.35. The fourth-order valence-corrected chi connectivity index (χ4v) is 3.11. The molecule has 6 nitrogen and oxygen atoms in total. The van der Waals surface area contributed by atoms with Gasteiger partial charge >= 0.3 is 6.61 Å². The molecule has 1 aromatic carbocycles. The topological polar surface area (TPSA) is 61.9 Å². The van der Waals surface area contributed by atoms with Gasteiger partial charge in [-0.1, -0.05) is 12.1 Å². The van der Waals surface area contributed by atoms with Gasteiger partial charge in [0.1, 0.15) is 5.75 Å². The van der Waals surface area contributed by atoms with E-state index in [-0.39, 0.29) is 17.6 Å². The molecule has 1 saturated heterocycles. The summed E-state index contributed by atoms with van der Waals surface area (Å²) in [5, 5.41) is 2.98. The van der Waals surface area contributed by atoms with Crippen LogP contribution in [0.25, 0.3) is 0 Å². The van der Waals surface area contributed by atoms with Gasteiger partial charge in [-0.15, -0.1) is 0 Å². The maximum atomic E-state index is 12.4. The zero-order chi connectivity index (χ0) is 19.2. The maximum absolute atomic E-state index is 12.4. The molecule has 2 amide bonds. The van der Waals surface area contributed by atoms with E-state index >= 15 is 0 Å². The first-order chi connectivity index (χ1) is 13.0. The van der Waals surface area contributed by atoms with Crippen LogP contribution in [0.1, 0.15) is 24.8 Å². The van der Waals surface area contributed by atoms with E-state index in [1.807, 2.05) is 4.90 Å². The highest BCUT2D eigenvalue weighted by Crippen LogP contribution is 2.18.